The lowest BCUT2D eigenvalue weighted by Crippen LogP contribution is -2.32. The molecule has 3 aromatic rings. The van der Waals surface area contributed by atoms with Crippen molar-refractivity contribution >= 4 is 45.8 Å². The lowest BCUT2D eigenvalue weighted by Gasteiger charge is -2.19. The minimum Gasteiger partial charge on any atom is -0.492 e. The molecule has 0 saturated carbocycles. The number of para-hydroxylation sites is 2. The summed E-state index contributed by atoms with van der Waals surface area (Å²) in [6.07, 6.45) is 0. The Bertz CT molecular complexity index is 1150. The lowest BCUT2D eigenvalue weighted by molar-refractivity contribution is -0.120. The fourth-order valence-electron chi connectivity index (χ4n) is 3.43. The summed E-state index contributed by atoms with van der Waals surface area (Å²) in [4.78, 5) is 30.9. The summed E-state index contributed by atoms with van der Waals surface area (Å²) < 4.78 is 5.69. The molecule has 7 heteroatoms. The number of anilines is 3. The summed E-state index contributed by atoms with van der Waals surface area (Å²) in [5.74, 6) is -0.119. The highest BCUT2D eigenvalue weighted by Gasteiger charge is 2.41. The molecule has 0 radical (unpaired) electrons. The van der Waals surface area contributed by atoms with Crippen molar-refractivity contribution in [2.24, 2.45) is 0 Å². The van der Waals surface area contributed by atoms with Crippen LogP contribution in [-0.4, -0.2) is 32.5 Å². The van der Waals surface area contributed by atoms with Crippen LogP contribution in [0.5, 0.6) is 5.75 Å². The molecule has 2 amide bonds. The predicted octanol–water partition coefficient (Wildman–Crippen LogP) is 4.61. The molecule has 2 heterocycles. The summed E-state index contributed by atoms with van der Waals surface area (Å²) in [7, 11) is 3.83. The maximum absolute atomic E-state index is 13.5. The predicted molar refractivity (Wildman–Crippen MR) is 126 cm³/mol. The molecule has 2 aromatic carbocycles. The highest BCUT2D eigenvalue weighted by molar-refractivity contribution is 7.11. The number of thiophene rings is 1. The van der Waals surface area contributed by atoms with Gasteiger partial charge in [0.05, 0.1) is 23.6 Å². The van der Waals surface area contributed by atoms with Crippen molar-refractivity contribution in [3.63, 3.8) is 0 Å². The van der Waals surface area contributed by atoms with Crippen LogP contribution in [0.2, 0.25) is 0 Å². The molecule has 0 saturated heterocycles. The summed E-state index contributed by atoms with van der Waals surface area (Å²) in [5.41, 5.74) is 2.68. The first kappa shape index (κ1) is 20.7. The zero-order valence-corrected chi connectivity index (χ0v) is 18.4. The molecular weight excluding hydrogens is 410 g/mol. The third kappa shape index (κ3) is 3.92. The van der Waals surface area contributed by atoms with Crippen molar-refractivity contribution in [2.75, 3.05) is 35.8 Å². The third-order valence-corrected chi connectivity index (χ3v) is 5.79. The van der Waals surface area contributed by atoms with Crippen molar-refractivity contribution in [2.45, 2.75) is 6.92 Å². The zero-order valence-electron chi connectivity index (χ0n) is 17.6. The quantitative estimate of drug-likeness (QED) is 0.552. The van der Waals surface area contributed by atoms with Gasteiger partial charge >= 0.3 is 0 Å². The number of hydrogen-bond acceptors (Lipinski definition) is 6. The molecule has 0 bridgehead atoms. The monoisotopic (exact) mass is 433 g/mol. The number of carbonyl (C=O) groups is 2. The Labute approximate surface area is 185 Å². The summed E-state index contributed by atoms with van der Waals surface area (Å²) >= 11 is 1.42. The van der Waals surface area contributed by atoms with Gasteiger partial charge in [-0.3, -0.25) is 9.59 Å². The van der Waals surface area contributed by atoms with Crippen LogP contribution in [0, 0.1) is 0 Å². The van der Waals surface area contributed by atoms with E-state index in [0.29, 0.717) is 29.3 Å². The molecule has 0 spiro atoms. The molecule has 1 aromatic heterocycles. The minimum absolute atomic E-state index is 0.245. The standard InChI is InChI=1S/C24H23N3O3S/c1-4-30-19-12-6-5-11-18(19)25-22-21(20-13-8-14-31-20)23(28)27(24(22)29)17-10-7-9-16(15-17)26(2)3/h5-15,25H,4H2,1-3H3. The smallest absolute Gasteiger partial charge is 0.282 e. The van der Waals surface area contributed by atoms with E-state index in [2.05, 4.69) is 5.32 Å². The van der Waals surface area contributed by atoms with Crippen molar-refractivity contribution in [1.82, 2.24) is 0 Å². The summed E-state index contributed by atoms with van der Waals surface area (Å²) in [6, 6.07) is 18.5. The van der Waals surface area contributed by atoms with Gasteiger partial charge < -0.3 is 15.0 Å². The van der Waals surface area contributed by atoms with Crippen LogP contribution >= 0.6 is 11.3 Å². The van der Waals surface area contributed by atoms with Crippen molar-refractivity contribution in [3.05, 3.63) is 76.6 Å². The molecule has 1 aliphatic heterocycles. The first-order chi connectivity index (χ1) is 15.0. The normalized spacial score (nSPS) is 13.7. The van der Waals surface area contributed by atoms with Gasteiger partial charge in [0, 0.05) is 24.7 Å². The van der Waals surface area contributed by atoms with Crippen molar-refractivity contribution in [1.29, 1.82) is 0 Å². The lowest BCUT2D eigenvalue weighted by atomic mass is 10.1. The van der Waals surface area contributed by atoms with E-state index in [1.165, 1.54) is 16.2 Å². The first-order valence-electron chi connectivity index (χ1n) is 9.94. The van der Waals surface area contributed by atoms with Crippen LogP contribution < -0.4 is 19.9 Å². The van der Waals surface area contributed by atoms with E-state index in [4.69, 9.17) is 4.74 Å². The highest BCUT2D eigenvalue weighted by Crippen LogP contribution is 2.37. The van der Waals surface area contributed by atoms with E-state index in [0.717, 1.165) is 10.6 Å². The van der Waals surface area contributed by atoms with Gasteiger partial charge in [-0.15, -0.1) is 11.3 Å². The van der Waals surface area contributed by atoms with Gasteiger partial charge in [0.25, 0.3) is 11.8 Å². The molecule has 158 valence electrons. The van der Waals surface area contributed by atoms with Crippen LogP contribution in [0.1, 0.15) is 11.8 Å². The minimum atomic E-state index is -0.393. The maximum atomic E-state index is 13.5. The average Bonchev–Trinajstić information content (AvgIpc) is 3.36. The van der Waals surface area contributed by atoms with E-state index < -0.39 is 5.91 Å². The molecule has 6 nitrogen and oxygen atoms in total. The SMILES string of the molecule is CCOc1ccccc1NC1=C(c2cccs2)C(=O)N(c2cccc(N(C)C)c2)C1=O. The number of nitrogens with zero attached hydrogens (tertiary/aromatic N) is 2. The number of nitrogens with one attached hydrogen (secondary N) is 1. The van der Waals surface area contributed by atoms with Gasteiger partial charge in [0.15, 0.2) is 0 Å². The van der Waals surface area contributed by atoms with Crippen LogP contribution in [0.3, 0.4) is 0 Å². The van der Waals surface area contributed by atoms with Gasteiger partial charge in [-0.2, -0.15) is 0 Å². The molecule has 1 N–H and O–H groups in total. The Kier molecular flexibility index (Phi) is 5.77. The number of hydrogen-bond donors (Lipinski definition) is 1. The number of carbonyl (C=O) groups excluding carboxylic acids is 2. The van der Waals surface area contributed by atoms with E-state index in [1.807, 2.05) is 85.9 Å². The van der Waals surface area contributed by atoms with Gasteiger partial charge in [0.2, 0.25) is 0 Å². The highest BCUT2D eigenvalue weighted by atomic mass is 32.1. The van der Waals surface area contributed by atoms with Crippen LogP contribution in [0.25, 0.3) is 5.57 Å². The fraction of sp³-hybridized carbons (Fsp3) is 0.167. The van der Waals surface area contributed by atoms with E-state index >= 15 is 0 Å². The van der Waals surface area contributed by atoms with Crippen LogP contribution in [-0.2, 0) is 9.59 Å². The second-order valence-corrected chi connectivity index (χ2v) is 8.09. The van der Waals surface area contributed by atoms with E-state index in [9.17, 15) is 9.59 Å². The zero-order chi connectivity index (χ0) is 22.0. The van der Waals surface area contributed by atoms with Gasteiger partial charge in [0.1, 0.15) is 11.4 Å². The Balaban J connectivity index is 1.79. The van der Waals surface area contributed by atoms with Crippen molar-refractivity contribution < 1.29 is 14.3 Å². The van der Waals surface area contributed by atoms with E-state index in [-0.39, 0.29) is 11.6 Å². The van der Waals surface area contributed by atoms with Crippen molar-refractivity contribution in [3.8, 4) is 5.75 Å². The summed E-state index contributed by atoms with van der Waals surface area (Å²) in [6.45, 7) is 2.39. The molecule has 0 aliphatic carbocycles. The number of ether oxygens (including phenoxy) is 1. The fourth-order valence-corrected chi connectivity index (χ4v) is 4.19. The molecule has 31 heavy (non-hydrogen) atoms. The second-order valence-electron chi connectivity index (χ2n) is 7.14. The van der Waals surface area contributed by atoms with Gasteiger partial charge in [-0.05, 0) is 48.7 Å². The van der Waals surface area contributed by atoms with Crippen LogP contribution in [0.15, 0.2) is 71.7 Å². The first-order valence-corrected chi connectivity index (χ1v) is 10.8. The molecule has 4 rings (SSSR count). The average molecular weight is 434 g/mol. The topological polar surface area (TPSA) is 61.9 Å². The Hall–Kier alpha value is -3.58. The maximum Gasteiger partial charge on any atom is 0.282 e. The largest absolute Gasteiger partial charge is 0.492 e. The Morgan fingerprint density at radius 3 is 2.52 bits per heavy atom. The molecule has 1 aliphatic rings. The number of rotatable bonds is 7. The number of benzene rings is 2. The Morgan fingerprint density at radius 2 is 1.81 bits per heavy atom. The summed E-state index contributed by atoms with van der Waals surface area (Å²) in [5, 5.41) is 5.08. The Morgan fingerprint density at radius 1 is 1.00 bits per heavy atom. The molecular formula is C24H23N3O3S. The van der Waals surface area contributed by atoms with Gasteiger partial charge in [-0.25, -0.2) is 4.90 Å². The number of amides is 2. The second kappa shape index (κ2) is 8.65. The van der Waals surface area contributed by atoms with Gasteiger partial charge in [-0.1, -0.05) is 24.3 Å². The molecule has 0 fully saturated rings. The third-order valence-electron chi connectivity index (χ3n) is 4.90. The molecule has 0 atom stereocenters. The number of imide groups is 1. The molecule has 0 unspecified atom stereocenters. The van der Waals surface area contributed by atoms with Crippen LogP contribution in [0.4, 0.5) is 17.1 Å². The van der Waals surface area contributed by atoms with E-state index in [1.54, 1.807) is 6.07 Å².